The first-order valence-corrected chi connectivity index (χ1v) is 12.6. The first kappa shape index (κ1) is 24.1. The van der Waals surface area contributed by atoms with E-state index in [1.165, 1.54) is 0 Å². The van der Waals surface area contributed by atoms with Crippen LogP contribution in [-0.4, -0.2) is 35.6 Å². The van der Waals surface area contributed by atoms with Crippen LogP contribution in [0.5, 0.6) is 11.5 Å². The Morgan fingerprint density at radius 3 is 2.56 bits per heavy atom. The third kappa shape index (κ3) is 5.20. The molecule has 9 heteroatoms. The van der Waals surface area contributed by atoms with E-state index < -0.39 is 0 Å². The van der Waals surface area contributed by atoms with Crippen LogP contribution in [0.2, 0.25) is 0 Å². The molecule has 0 aliphatic carbocycles. The summed E-state index contributed by atoms with van der Waals surface area (Å²) in [5.41, 5.74) is 3.31. The molecule has 0 saturated heterocycles. The fraction of sp³-hybridized carbons (Fsp3) is 0.160. The molecule has 174 valence electrons. The van der Waals surface area contributed by atoms with Crippen molar-refractivity contribution in [2.45, 2.75) is 11.6 Å². The highest BCUT2D eigenvalue weighted by atomic mass is 127. The van der Waals surface area contributed by atoms with Crippen molar-refractivity contribution in [1.29, 1.82) is 0 Å². The molecule has 0 aliphatic heterocycles. The van der Waals surface area contributed by atoms with Crippen molar-refractivity contribution in [2.24, 2.45) is 0 Å². The van der Waals surface area contributed by atoms with E-state index in [2.05, 4.69) is 39.6 Å². The van der Waals surface area contributed by atoms with Crippen LogP contribution in [0.3, 0.4) is 0 Å². The van der Waals surface area contributed by atoms with Gasteiger partial charge in [-0.15, -0.1) is 11.8 Å². The van der Waals surface area contributed by atoms with Crippen molar-refractivity contribution in [3.8, 4) is 34.1 Å². The summed E-state index contributed by atoms with van der Waals surface area (Å²) in [5, 5.41) is 8.48. The lowest BCUT2D eigenvalue weighted by Gasteiger charge is -2.14. The van der Waals surface area contributed by atoms with Gasteiger partial charge in [0.2, 0.25) is 0 Å². The number of aromatic nitrogens is 3. The Kier molecular flexibility index (Phi) is 7.73. The molecule has 7 nitrogen and oxygen atoms in total. The quantitative estimate of drug-likeness (QED) is 0.134. The van der Waals surface area contributed by atoms with Gasteiger partial charge in [-0.05, 0) is 41.0 Å². The standard InChI is InChI=1S/C25H23IN4O3S/c1-15(26)22-24(28-23(29-25(22)34-4)16-8-6-5-7-9-16)27-14-18-12-20(30-33-18)19-11-10-17(31-2)13-21(19)32-3/h5-13H,1,14H2,2-4H3,(H,27,28,29). The highest BCUT2D eigenvalue weighted by Gasteiger charge is 2.18. The van der Waals surface area contributed by atoms with Crippen molar-refractivity contribution < 1.29 is 14.0 Å². The second kappa shape index (κ2) is 10.9. The lowest BCUT2D eigenvalue weighted by molar-refractivity contribution is 0.386. The van der Waals surface area contributed by atoms with Crippen molar-refractivity contribution >= 4 is 43.8 Å². The van der Waals surface area contributed by atoms with Crippen molar-refractivity contribution in [2.75, 3.05) is 25.8 Å². The van der Waals surface area contributed by atoms with E-state index in [1.807, 2.05) is 60.9 Å². The van der Waals surface area contributed by atoms with Gasteiger partial charge in [0.25, 0.3) is 0 Å². The number of ether oxygens (including phenoxy) is 2. The summed E-state index contributed by atoms with van der Waals surface area (Å²) < 4.78 is 17.2. The molecule has 0 radical (unpaired) electrons. The SMILES string of the molecule is C=C(I)c1c(NCc2cc(-c3ccc(OC)cc3OC)no2)nc(-c2ccccc2)nc1SC. The molecule has 34 heavy (non-hydrogen) atoms. The number of rotatable bonds is 9. The fourth-order valence-electron chi connectivity index (χ4n) is 3.38. The summed E-state index contributed by atoms with van der Waals surface area (Å²) in [7, 11) is 3.23. The maximum absolute atomic E-state index is 5.60. The molecule has 1 N–H and O–H groups in total. The van der Waals surface area contributed by atoms with E-state index in [-0.39, 0.29) is 0 Å². The Hall–Kier alpha value is -3.05. The summed E-state index contributed by atoms with van der Waals surface area (Å²) >= 11 is 3.76. The molecule has 2 aromatic carbocycles. The lowest BCUT2D eigenvalue weighted by atomic mass is 10.1. The third-order valence-corrected chi connectivity index (χ3v) is 6.27. The van der Waals surface area contributed by atoms with E-state index >= 15 is 0 Å². The topological polar surface area (TPSA) is 82.3 Å². The maximum atomic E-state index is 5.60. The van der Waals surface area contributed by atoms with Gasteiger partial charge in [-0.1, -0.05) is 42.1 Å². The minimum absolute atomic E-state index is 0.390. The Bertz CT molecular complexity index is 1310. The van der Waals surface area contributed by atoms with Gasteiger partial charge in [-0.25, -0.2) is 9.97 Å². The monoisotopic (exact) mass is 586 g/mol. The van der Waals surface area contributed by atoms with Crippen molar-refractivity contribution in [1.82, 2.24) is 15.1 Å². The first-order valence-electron chi connectivity index (χ1n) is 10.3. The predicted octanol–water partition coefficient (Wildman–Crippen LogP) is 6.56. The van der Waals surface area contributed by atoms with Crippen LogP contribution in [0.4, 0.5) is 5.82 Å². The van der Waals surface area contributed by atoms with Gasteiger partial charge in [-0.2, -0.15) is 0 Å². The number of nitrogens with zero attached hydrogens (tertiary/aromatic N) is 3. The maximum Gasteiger partial charge on any atom is 0.162 e. The van der Waals surface area contributed by atoms with Gasteiger partial charge >= 0.3 is 0 Å². The lowest BCUT2D eigenvalue weighted by Crippen LogP contribution is -2.07. The molecule has 2 aromatic heterocycles. The molecule has 0 unspecified atom stereocenters. The van der Waals surface area contributed by atoms with Gasteiger partial charge in [-0.3, -0.25) is 0 Å². The van der Waals surface area contributed by atoms with Crippen LogP contribution in [0.15, 0.2) is 70.7 Å². The summed E-state index contributed by atoms with van der Waals surface area (Å²) in [6.45, 7) is 4.51. The van der Waals surface area contributed by atoms with E-state index in [0.717, 1.165) is 25.3 Å². The van der Waals surface area contributed by atoms with Gasteiger partial charge in [0.15, 0.2) is 11.6 Å². The van der Waals surface area contributed by atoms with Gasteiger partial charge in [0, 0.05) is 26.8 Å². The van der Waals surface area contributed by atoms with Crippen LogP contribution in [0.25, 0.3) is 26.2 Å². The molecule has 0 saturated carbocycles. The number of halogens is 1. The van der Waals surface area contributed by atoms with Crippen LogP contribution >= 0.6 is 34.4 Å². The number of hydrogen-bond donors (Lipinski definition) is 1. The largest absolute Gasteiger partial charge is 0.497 e. The van der Waals surface area contributed by atoms with E-state index in [4.69, 9.17) is 24.0 Å². The molecule has 0 atom stereocenters. The van der Waals surface area contributed by atoms with Gasteiger partial charge in [0.05, 0.1) is 26.3 Å². The number of anilines is 1. The first-order chi connectivity index (χ1) is 16.5. The number of benzene rings is 2. The minimum Gasteiger partial charge on any atom is -0.497 e. The Balaban J connectivity index is 1.63. The van der Waals surface area contributed by atoms with E-state index in [1.54, 1.807) is 26.0 Å². The molecule has 4 aromatic rings. The fourth-order valence-corrected chi connectivity index (χ4v) is 4.68. The predicted molar refractivity (Wildman–Crippen MR) is 145 cm³/mol. The Labute approximate surface area is 216 Å². The van der Waals surface area contributed by atoms with Crippen LogP contribution in [0.1, 0.15) is 11.3 Å². The van der Waals surface area contributed by atoms with Crippen LogP contribution in [-0.2, 0) is 6.54 Å². The highest BCUT2D eigenvalue weighted by molar-refractivity contribution is 14.1. The van der Waals surface area contributed by atoms with Crippen LogP contribution in [0, 0.1) is 0 Å². The number of hydrogen-bond acceptors (Lipinski definition) is 8. The molecule has 0 fully saturated rings. The number of nitrogens with one attached hydrogen (secondary N) is 1. The summed E-state index contributed by atoms with van der Waals surface area (Å²) in [4.78, 5) is 9.56. The number of methoxy groups -OCH3 is 2. The van der Waals surface area contributed by atoms with Gasteiger partial charge in [0.1, 0.15) is 28.0 Å². The van der Waals surface area contributed by atoms with E-state index in [0.29, 0.717) is 41.1 Å². The van der Waals surface area contributed by atoms with Crippen molar-refractivity contribution in [3.63, 3.8) is 0 Å². The average molecular weight is 586 g/mol. The average Bonchev–Trinajstić information content (AvgIpc) is 3.35. The van der Waals surface area contributed by atoms with Crippen molar-refractivity contribution in [3.05, 3.63) is 72.5 Å². The molecule has 0 aliphatic rings. The minimum atomic E-state index is 0.390. The third-order valence-electron chi connectivity index (χ3n) is 5.05. The number of thioether (sulfide) groups is 1. The second-order valence-electron chi connectivity index (χ2n) is 7.15. The van der Waals surface area contributed by atoms with E-state index in [9.17, 15) is 0 Å². The van der Waals surface area contributed by atoms with Gasteiger partial charge < -0.3 is 19.3 Å². The summed E-state index contributed by atoms with van der Waals surface area (Å²) in [6, 6.07) is 17.3. The summed E-state index contributed by atoms with van der Waals surface area (Å²) in [6.07, 6.45) is 1.99. The normalized spacial score (nSPS) is 10.7. The summed E-state index contributed by atoms with van der Waals surface area (Å²) in [5.74, 6) is 3.36. The molecule has 2 heterocycles. The Morgan fingerprint density at radius 2 is 1.88 bits per heavy atom. The Morgan fingerprint density at radius 1 is 1.09 bits per heavy atom. The highest BCUT2D eigenvalue weighted by Crippen LogP contribution is 2.36. The molecule has 0 amide bonds. The molecule has 0 spiro atoms. The molecular formula is C25H23IN4O3S. The smallest absolute Gasteiger partial charge is 0.162 e. The van der Waals surface area contributed by atoms with Crippen LogP contribution < -0.4 is 14.8 Å². The second-order valence-corrected chi connectivity index (χ2v) is 9.25. The molecule has 4 rings (SSSR count). The molecule has 0 bridgehead atoms. The molecular weight excluding hydrogens is 563 g/mol. The zero-order valence-electron chi connectivity index (χ0n) is 19.0. The zero-order valence-corrected chi connectivity index (χ0v) is 21.9. The zero-order chi connectivity index (χ0) is 24.1.